The van der Waals surface area contributed by atoms with Crippen molar-refractivity contribution in [3.05, 3.63) is 341 Å². The largest absolute Gasteiger partial charge is 0.508 e. The van der Waals surface area contributed by atoms with E-state index in [4.69, 9.17) is 29.9 Å². The number of phenols is 3. The molecule has 0 fully saturated rings. The summed E-state index contributed by atoms with van der Waals surface area (Å²) in [5.74, 6) is 0.926. The summed E-state index contributed by atoms with van der Waals surface area (Å²) in [7, 11) is 0. The minimum absolute atomic E-state index is 0.0600. The fourth-order valence-corrected chi connectivity index (χ4v) is 11.2. The minimum atomic E-state index is 0.0600. The summed E-state index contributed by atoms with van der Waals surface area (Å²) in [6.45, 7) is 0. The van der Waals surface area contributed by atoms with Gasteiger partial charge in [0, 0.05) is 73.8 Å². The quantitative estimate of drug-likeness (QED) is 0.0566. The molecule has 93 heavy (non-hydrogen) atoms. The van der Waals surface area contributed by atoms with Crippen LogP contribution in [0.25, 0.3) is 50.7 Å². The van der Waals surface area contributed by atoms with Crippen molar-refractivity contribution in [3.63, 3.8) is 0 Å². The van der Waals surface area contributed by atoms with E-state index >= 15 is 0 Å². The lowest BCUT2D eigenvalue weighted by Gasteiger charge is -2.08. The first kappa shape index (κ1) is 59.6. The molecule has 0 aliphatic heterocycles. The Morgan fingerprint density at radius 1 is 0.215 bits per heavy atom. The van der Waals surface area contributed by atoms with Gasteiger partial charge in [0.1, 0.15) is 34.3 Å². The average molecular weight is 1220 g/mol. The number of benzene rings is 9. The minimum Gasteiger partial charge on any atom is -0.508 e. The third-order valence-electron chi connectivity index (χ3n) is 15.9. The molecule has 15 heteroatoms. The fraction of sp³-hybridized carbons (Fsp3) is 0.0769. The number of imidazole rings is 3. The van der Waals surface area contributed by atoms with Gasteiger partial charge >= 0.3 is 0 Å². The monoisotopic (exact) mass is 1220 g/mol. The lowest BCUT2D eigenvalue weighted by molar-refractivity contribution is 0.441. The molecule has 6 aromatic heterocycles. The molecule has 6 N–H and O–H groups in total. The second-order valence-electron chi connectivity index (χ2n) is 22.6. The van der Waals surface area contributed by atoms with E-state index in [1.807, 2.05) is 188 Å². The average Bonchev–Trinajstić information content (AvgIpc) is 1.68. The van der Waals surface area contributed by atoms with Crippen LogP contribution in [0.3, 0.4) is 0 Å². The van der Waals surface area contributed by atoms with Crippen molar-refractivity contribution < 1.29 is 30.6 Å². The van der Waals surface area contributed by atoms with Gasteiger partial charge in [-0.05, 0) is 94.0 Å². The maximum absolute atomic E-state index is 11.0. The van der Waals surface area contributed by atoms with Gasteiger partial charge in [0.15, 0.2) is 16.9 Å². The van der Waals surface area contributed by atoms with Crippen LogP contribution in [-0.4, -0.2) is 73.7 Å². The van der Waals surface area contributed by atoms with E-state index in [0.717, 1.165) is 72.8 Å². The zero-order valence-corrected chi connectivity index (χ0v) is 50.4. The predicted molar refractivity (Wildman–Crippen MR) is 361 cm³/mol. The van der Waals surface area contributed by atoms with Crippen LogP contribution in [0.2, 0.25) is 0 Å². The second-order valence-corrected chi connectivity index (χ2v) is 22.6. The van der Waals surface area contributed by atoms with Crippen LogP contribution >= 0.6 is 0 Å². The zero-order chi connectivity index (χ0) is 63.6. The SMILES string of the molecule is Oc1c(Cc2ccccc2)nc2c(Cc3ccccc3)nc(-c3ccccc3)cn12.Oc1ccc(-c2cn3c(O)c(Cc4ccccc4)nc3c(Cc3ccccc3)n2)cc1.Oc1ccc(Cc2nc3c(Cc4ccccc4)nc(-c4ccc(O)cc4)cn3c2O)cc1. The van der Waals surface area contributed by atoms with Gasteiger partial charge in [-0.1, -0.05) is 194 Å². The van der Waals surface area contributed by atoms with Gasteiger partial charge in [0.2, 0.25) is 17.6 Å². The summed E-state index contributed by atoms with van der Waals surface area (Å²) >= 11 is 0. The first-order valence-corrected chi connectivity index (χ1v) is 30.4. The fourth-order valence-electron chi connectivity index (χ4n) is 11.2. The normalized spacial score (nSPS) is 11.1. The van der Waals surface area contributed by atoms with Crippen LogP contribution in [0, 0.1) is 0 Å². The molecule has 0 unspecified atom stereocenters. The summed E-state index contributed by atoms with van der Waals surface area (Å²) in [4.78, 5) is 28.9. The summed E-state index contributed by atoms with van der Waals surface area (Å²) in [5, 5.41) is 61.8. The van der Waals surface area contributed by atoms with Crippen molar-refractivity contribution in [2.45, 2.75) is 38.5 Å². The topological polar surface area (TPSA) is 212 Å². The molecule has 0 aliphatic carbocycles. The molecule has 6 heterocycles. The second kappa shape index (κ2) is 27.2. The molecule has 0 spiro atoms. The molecule has 0 amide bonds. The lowest BCUT2D eigenvalue weighted by Crippen LogP contribution is -2.00. The Balaban J connectivity index is 0.000000127. The van der Waals surface area contributed by atoms with E-state index in [9.17, 15) is 30.6 Å². The van der Waals surface area contributed by atoms with Crippen molar-refractivity contribution in [2.24, 2.45) is 0 Å². The third kappa shape index (κ3) is 13.9. The summed E-state index contributed by atoms with van der Waals surface area (Å²) in [5.41, 5.74) is 17.5. The first-order chi connectivity index (χ1) is 45.5. The Morgan fingerprint density at radius 3 is 0.699 bits per heavy atom. The molecule has 9 aromatic carbocycles. The highest BCUT2D eigenvalue weighted by molar-refractivity contribution is 5.67. The van der Waals surface area contributed by atoms with Crippen molar-refractivity contribution in [1.82, 2.24) is 43.1 Å². The van der Waals surface area contributed by atoms with E-state index in [1.54, 1.807) is 74.1 Å². The number of hydrogen-bond donors (Lipinski definition) is 6. The number of phenolic OH excluding ortho intramolecular Hbond substituents is 3. The van der Waals surface area contributed by atoms with Crippen LogP contribution < -0.4 is 0 Å². The van der Waals surface area contributed by atoms with Crippen LogP contribution in [-0.2, 0) is 38.5 Å². The van der Waals surface area contributed by atoms with E-state index < -0.39 is 0 Å². The van der Waals surface area contributed by atoms with Gasteiger partial charge in [-0.3, -0.25) is 13.2 Å². The number of rotatable bonds is 15. The summed E-state index contributed by atoms with van der Waals surface area (Å²) in [6.07, 6.45) is 8.76. The molecular weight excluding hydrogens is 1160 g/mol. The van der Waals surface area contributed by atoms with Crippen LogP contribution in [0.15, 0.2) is 273 Å². The molecule has 15 aromatic rings. The van der Waals surface area contributed by atoms with Crippen LogP contribution in [0.5, 0.6) is 34.9 Å². The molecule has 0 saturated heterocycles. The van der Waals surface area contributed by atoms with Gasteiger partial charge in [-0.25, -0.2) is 29.9 Å². The molecule has 456 valence electrons. The highest BCUT2D eigenvalue weighted by Crippen LogP contribution is 2.33. The molecule has 0 saturated carbocycles. The Labute approximate surface area is 536 Å². The van der Waals surface area contributed by atoms with E-state index in [1.165, 1.54) is 0 Å². The zero-order valence-electron chi connectivity index (χ0n) is 50.4. The van der Waals surface area contributed by atoms with E-state index in [0.29, 0.717) is 83.9 Å². The standard InChI is InChI=1S/C26H21N3O3.C26H21N3O2.C26H21N3O/c30-20-10-6-18(7-11-20)15-23-26(32)29-16-24(19-8-12-21(31)13-9-19)27-22(25(29)28-23)14-17-4-2-1-3-5-17;30-21-13-11-20(12-14-21)24-17-29-25(22(27-24)15-18-7-3-1-4-8-18)28-23(26(29)31)16-19-9-5-2-6-10-19;30-26-23(17-20-12-6-2-7-13-20)28-25-22(16-19-10-4-1-5-11-19)27-24(18-29(25)26)21-14-8-3-9-15-21/h1-13,16,30-32H,14-15H2;1-14,17,30-31H,15-16H2;1-15,18,30H,16-17H2. The van der Waals surface area contributed by atoms with Gasteiger partial charge in [-0.2, -0.15) is 0 Å². The Morgan fingerprint density at radius 2 is 0.430 bits per heavy atom. The van der Waals surface area contributed by atoms with E-state index in [-0.39, 0.29) is 34.9 Å². The smallest absolute Gasteiger partial charge is 0.219 e. The lowest BCUT2D eigenvalue weighted by atomic mass is 10.1. The number of aromatic nitrogens is 9. The molecule has 15 rings (SSSR count). The van der Waals surface area contributed by atoms with Gasteiger partial charge in [-0.15, -0.1) is 0 Å². The molecule has 0 atom stereocenters. The van der Waals surface area contributed by atoms with Gasteiger partial charge < -0.3 is 30.6 Å². The van der Waals surface area contributed by atoms with Crippen molar-refractivity contribution >= 4 is 16.9 Å². The Hall–Kier alpha value is -12.4. The highest BCUT2D eigenvalue weighted by atomic mass is 16.3. The number of hydrogen-bond acceptors (Lipinski definition) is 12. The molecule has 0 radical (unpaired) electrons. The van der Waals surface area contributed by atoms with Crippen LogP contribution in [0.4, 0.5) is 0 Å². The van der Waals surface area contributed by atoms with Crippen molar-refractivity contribution in [3.8, 4) is 68.7 Å². The summed E-state index contributed by atoms with van der Waals surface area (Å²) < 4.78 is 5.15. The van der Waals surface area contributed by atoms with E-state index in [2.05, 4.69) is 24.3 Å². The number of aromatic hydroxyl groups is 6. The molecular formula is C78H63N9O6. The predicted octanol–water partition coefficient (Wildman–Crippen LogP) is 15.0. The van der Waals surface area contributed by atoms with Gasteiger partial charge in [0.05, 0.1) is 34.2 Å². The highest BCUT2D eigenvalue weighted by Gasteiger charge is 2.22. The molecule has 0 aliphatic rings. The number of nitrogens with zero attached hydrogens (tertiary/aromatic N) is 9. The van der Waals surface area contributed by atoms with Crippen molar-refractivity contribution in [1.29, 1.82) is 0 Å². The third-order valence-corrected chi connectivity index (χ3v) is 15.9. The van der Waals surface area contributed by atoms with Gasteiger partial charge in [0.25, 0.3) is 0 Å². The Bertz CT molecular complexity index is 5000. The number of fused-ring (bicyclic) bond motifs is 3. The maximum Gasteiger partial charge on any atom is 0.219 e. The first-order valence-electron chi connectivity index (χ1n) is 30.4. The molecule has 0 bridgehead atoms. The maximum atomic E-state index is 11.0. The summed E-state index contributed by atoms with van der Waals surface area (Å²) in [6, 6.07) is 80.9. The van der Waals surface area contributed by atoms with Crippen LogP contribution in [0.1, 0.15) is 67.5 Å². The van der Waals surface area contributed by atoms with Crippen molar-refractivity contribution in [2.75, 3.05) is 0 Å². The Kier molecular flexibility index (Phi) is 17.4. The molecule has 15 nitrogen and oxygen atoms in total.